The van der Waals surface area contributed by atoms with E-state index in [0.29, 0.717) is 10.0 Å². The average Bonchev–Trinajstić information content (AvgIpc) is 2.23. The highest BCUT2D eigenvalue weighted by atomic mass is 35.5. The van der Waals surface area contributed by atoms with Crippen LogP contribution in [0, 0.1) is 0 Å². The molecule has 0 spiro atoms. The van der Waals surface area contributed by atoms with Crippen molar-refractivity contribution in [2.24, 2.45) is 0 Å². The van der Waals surface area contributed by atoms with Gasteiger partial charge in [0.05, 0.1) is 15.8 Å². The molecular formula is C10H12Cl3NO2S. The Kier molecular flexibility index (Phi) is 5.54. The first kappa shape index (κ1) is 15.1. The molecule has 0 saturated heterocycles. The van der Waals surface area contributed by atoms with Crippen molar-refractivity contribution >= 4 is 44.8 Å². The van der Waals surface area contributed by atoms with Gasteiger partial charge >= 0.3 is 0 Å². The molecule has 0 atom stereocenters. The number of alkyl halides is 1. The highest BCUT2D eigenvalue weighted by molar-refractivity contribution is 7.89. The Morgan fingerprint density at radius 1 is 1.24 bits per heavy atom. The van der Waals surface area contributed by atoms with Gasteiger partial charge in [0.2, 0.25) is 10.0 Å². The predicted molar refractivity (Wildman–Crippen MR) is 72.4 cm³/mol. The van der Waals surface area contributed by atoms with E-state index in [0.717, 1.165) is 5.56 Å². The summed E-state index contributed by atoms with van der Waals surface area (Å²) in [5.41, 5.74) is 0.778. The number of halogens is 3. The van der Waals surface area contributed by atoms with Crippen molar-refractivity contribution in [3.63, 3.8) is 0 Å². The van der Waals surface area contributed by atoms with Gasteiger partial charge in [-0.3, -0.25) is 0 Å². The van der Waals surface area contributed by atoms with Gasteiger partial charge in [0.15, 0.2) is 0 Å². The fraction of sp³-hybridized carbons (Fsp3) is 0.400. The molecule has 1 aromatic carbocycles. The van der Waals surface area contributed by atoms with Gasteiger partial charge in [-0.25, -0.2) is 12.7 Å². The zero-order chi connectivity index (χ0) is 13.1. The van der Waals surface area contributed by atoms with Crippen LogP contribution in [0.1, 0.15) is 5.56 Å². The van der Waals surface area contributed by atoms with E-state index < -0.39 is 10.0 Å². The first-order valence-electron chi connectivity index (χ1n) is 4.80. The van der Waals surface area contributed by atoms with Crippen LogP contribution in [0.4, 0.5) is 0 Å². The maximum absolute atomic E-state index is 11.7. The SMILES string of the molecule is CN(Cc1ccc(Cl)c(Cl)c1)S(=O)(=O)CCCl. The molecule has 17 heavy (non-hydrogen) atoms. The van der Waals surface area contributed by atoms with Gasteiger partial charge in [-0.2, -0.15) is 0 Å². The maximum atomic E-state index is 11.7. The Hall–Kier alpha value is -0.000000000000000167. The normalized spacial score (nSPS) is 12.1. The molecule has 96 valence electrons. The van der Waals surface area contributed by atoms with Crippen molar-refractivity contribution in [1.82, 2.24) is 4.31 Å². The molecule has 0 saturated carbocycles. The van der Waals surface area contributed by atoms with Gasteiger partial charge in [0.1, 0.15) is 0 Å². The zero-order valence-electron chi connectivity index (χ0n) is 9.16. The van der Waals surface area contributed by atoms with Gasteiger partial charge in [-0.1, -0.05) is 29.3 Å². The van der Waals surface area contributed by atoms with Crippen LogP contribution in [0.5, 0.6) is 0 Å². The Balaban J connectivity index is 2.81. The molecule has 0 aliphatic heterocycles. The topological polar surface area (TPSA) is 37.4 Å². The third kappa shape index (κ3) is 4.30. The second-order valence-corrected chi connectivity index (χ2v) is 6.90. The van der Waals surface area contributed by atoms with Gasteiger partial charge in [0.25, 0.3) is 0 Å². The van der Waals surface area contributed by atoms with E-state index in [2.05, 4.69) is 0 Å². The van der Waals surface area contributed by atoms with Crippen LogP contribution in [0.15, 0.2) is 18.2 Å². The standard InChI is InChI=1S/C10H12Cl3NO2S/c1-14(17(15,16)5-4-11)7-8-2-3-9(12)10(13)6-8/h2-3,6H,4-5,7H2,1H3. The smallest absolute Gasteiger partial charge is 0.212 e. The van der Waals surface area contributed by atoms with E-state index in [9.17, 15) is 8.42 Å². The highest BCUT2D eigenvalue weighted by Crippen LogP contribution is 2.23. The van der Waals surface area contributed by atoms with E-state index in [1.807, 2.05) is 0 Å². The minimum atomic E-state index is -3.31. The molecule has 1 aromatic rings. The molecule has 0 radical (unpaired) electrons. The summed E-state index contributed by atoms with van der Waals surface area (Å²) in [6.45, 7) is 0.246. The Morgan fingerprint density at radius 2 is 1.88 bits per heavy atom. The molecule has 0 N–H and O–H groups in total. The third-order valence-electron chi connectivity index (χ3n) is 2.20. The number of hydrogen-bond acceptors (Lipinski definition) is 2. The predicted octanol–water partition coefficient (Wildman–Crippen LogP) is 2.99. The van der Waals surface area contributed by atoms with E-state index in [4.69, 9.17) is 34.8 Å². The summed E-state index contributed by atoms with van der Waals surface area (Å²) in [6, 6.07) is 5.03. The fourth-order valence-corrected chi connectivity index (χ4v) is 3.00. The Morgan fingerprint density at radius 3 is 2.41 bits per heavy atom. The van der Waals surface area contributed by atoms with Gasteiger partial charge < -0.3 is 0 Å². The second-order valence-electron chi connectivity index (χ2n) is 3.51. The van der Waals surface area contributed by atoms with E-state index in [-0.39, 0.29) is 18.2 Å². The van der Waals surface area contributed by atoms with Gasteiger partial charge in [-0.15, -0.1) is 11.6 Å². The maximum Gasteiger partial charge on any atom is 0.215 e. The average molecular weight is 317 g/mol. The monoisotopic (exact) mass is 315 g/mol. The molecule has 0 aliphatic rings. The molecule has 0 bridgehead atoms. The van der Waals surface area contributed by atoms with Crippen molar-refractivity contribution < 1.29 is 8.42 Å². The molecule has 0 amide bonds. The summed E-state index contributed by atoms with van der Waals surface area (Å²) in [6.07, 6.45) is 0. The van der Waals surface area contributed by atoms with Gasteiger partial charge in [-0.05, 0) is 17.7 Å². The lowest BCUT2D eigenvalue weighted by Crippen LogP contribution is -2.29. The minimum Gasteiger partial charge on any atom is -0.212 e. The molecular weight excluding hydrogens is 305 g/mol. The van der Waals surface area contributed by atoms with E-state index in [1.165, 1.54) is 11.4 Å². The first-order chi connectivity index (χ1) is 7.86. The summed E-state index contributed by atoms with van der Waals surface area (Å²) >= 11 is 17.1. The number of nitrogens with zero attached hydrogens (tertiary/aromatic N) is 1. The largest absolute Gasteiger partial charge is 0.215 e. The lowest BCUT2D eigenvalue weighted by molar-refractivity contribution is 0.468. The van der Waals surface area contributed by atoms with E-state index >= 15 is 0 Å². The lowest BCUT2D eigenvalue weighted by atomic mass is 10.2. The fourth-order valence-electron chi connectivity index (χ4n) is 1.25. The van der Waals surface area contributed by atoms with Crippen molar-refractivity contribution in [3.05, 3.63) is 33.8 Å². The lowest BCUT2D eigenvalue weighted by Gasteiger charge is -2.16. The van der Waals surface area contributed by atoms with Crippen LogP contribution in [-0.4, -0.2) is 31.4 Å². The number of rotatable bonds is 5. The summed E-state index contributed by atoms with van der Waals surface area (Å²) in [5, 5.41) is 0.856. The van der Waals surface area contributed by atoms with Crippen molar-refractivity contribution in [2.45, 2.75) is 6.54 Å². The Labute approximate surface area is 116 Å². The summed E-state index contributed by atoms with van der Waals surface area (Å²) in [5.74, 6) is 0.000421. The number of hydrogen-bond donors (Lipinski definition) is 0. The third-order valence-corrected chi connectivity index (χ3v) is 5.15. The van der Waals surface area contributed by atoms with Gasteiger partial charge in [0, 0.05) is 19.5 Å². The van der Waals surface area contributed by atoms with Crippen LogP contribution < -0.4 is 0 Å². The summed E-state index contributed by atoms with van der Waals surface area (Å²) in [4.78, 5) is 0. The molecule has 0 aromatic heterocycles. The quantitative estimate of drug-likeness (QED) is 0.783. The first-order valence-corrected chi connectivity index (χ1v) is 7.70. The van der Waals surface area contributed by atoms with E-state index in [1.54, 1.807) is 18.2 Å². The number of sulfonamides is 1. The van der Waals surface area contributed by atoms with Crippen LogP contribution in [0.2, 0.25) is 10.0 Å². The van der Waals surface area contributed by atoms with Crippen molar-refractivity contribution in [3.8, 4) is 0 Å². The summed E-state index contributed by atoms with van der Waals surface area (Å²) < 4.78 is 24.6. The second kappa shape index (κ2) is 6.25. The summed E-state index contributed by atoms with van der Waals surface area (Å²) in [7, 11) is -1.80. The molecule has 0 aliphatic carbocycles. The highest BCUT2D eigenvalue weighted by Gasteiger charge is 2.17. The number of benzene rings is 1. The Bertz CT molecular complexity index is 490. The van der Waals surface area contributed by atoms with Crippen LogP contribution in [0.25, 0.3) is 0 Å². The zero-order valence-corrected chi connectivity index (χ0v) is 12.2. The molecule has 0 unspecified atom stereocenters. The van der Waals surface area contributed by atoms with Crippen LogP contribution in [-0.2, 0) is 16.6 Å². The van der Waals surface area contributed by atoms with Crippen molar-refractivity contribution in [2.75, 3.05) is 18.7 Å². The molecule has 0 fully saturated rings. The molecule has 1 rings (SSSR count). The minimum absolute atomic E-state index is 0.0770. The van der Waals surface area contributed by atoms with Crippen LogP contribution in [0.3, 0.4) is 0 Å². The van der Waals surface area contributed by atoms with Crippen LogP contribution >= 0.6 is 34.8 Å². The molecule has 3 nitrogen and oxygen atoms in total. The molecule has 7 heteroatoms. The molecule has 0 heterocycles. The van der Waals surface area contributed by atoms with Crippen molar-refractivity contribution in [1.29, 1.82) is 0 Å².